The maximum absolute atomic E-state index is 10.3. The zero-order valence-corrected chi connectivity index (χ0v) is 6.61. The topological polar surface area (TPSA) is 52.4 Å². The van der Waals surface area contributed by atoms with E-state index in [1.165, 1.54) is 25.3 Å². The number of hydrogen-bond donors (Lipinski definition) is 0. The summed E-state index contributed by atoms with van der Waals surface area (Å²) < 4.78 is 4.89. The summed E-state index contributed by atoms with van der Waals surface area (Å²) in [5.74, 6) is 0.556. The molecule has 0 heterocycles. The third-order valence-corrected chi connectivity index (χ3v) is 1.47. The Labute approximate surface area is 69.9 Å². The van der Waals surface area contributed by atoms with Gasteiger partial charge in [-0.15, -0.1) is 0 Å². The van der Waals surface area contributed by atoms with Gasteiger partial charge in [0.1, 0.15) is 5.75 Å². The molecule has 12 heavy (non-hydrogen) atoms. The first kappa shape index (κ1) is 8.52. The summed E-state index contributed by atoms with van der Waals surface area (Å²) in [6.07, 6.45) is 0. The van der Waals surface area contributed by atoms with Crippen LogP contribution in [0.4, 0.5) is 5.69 Å². The molecule has 4 nitrogen and oxygen atoms in total. The van der Waals surface area contributed by atoms with Crippen LogP contribution >= 0.6 is 0 Å². The lowest BCUT2D eigenvalue weighted by atomic mass is 10.2. The van der Waals surface area contributed by atoms with Gasteiger partial charge >= 0.3 is 0 Å². The van der Waals surface area contributed by atoms with E-state index >= 15 is 0 Å². The van der Waals surface area contributed by atoms with Crippen molar-refractivity contribution in [2.75, 3.05) is 7.11 Å². The quantitative estimate of drug-likeness (QED) is 0.497. The molecule has 0 aliphatic heterocycles. The van der Waals surface area contributed by atoms with Gasteiger partial charge < -0.3 is 4.74 Å². The number of nitro benzene ring substituents is 1. The van der Waals surface area contributed by atoms with E-state index in [1.54, 1.807) is 0 Å². The molecule has 63 valence electrons. The highest BCUT2D eigenvalue weighted by Gasteiger charge is 2.07. The van der Waals surface area contributed by atoms with Gasteiger partial charge in [0.2, 0.25) is 0 Å². The summed E-state index contributed by atoms with van der Waals surface area (Å²) >= 11 is 0. The average Bonchev–Trinajstić information content (AvgIpc) is 2.04. The molecule has 0 aliphatic carbocycles. The Morgan fingerprint density at radius 1 is 1.58 bits per heavy atom. The zero-order valence-electron chi connectivity index (χ0n) is 6.61. The van der Waals surface area contributed by atoms with Crippen molar-refractivity contribution in [3.8, 4) is 5.75 Å². The number of rotatable bonds is 2. The van der Waals surface area contributed by atoms with E-state index < -0.39 is 4.92 Å². The first-order valence-electron chi connectivity index (χ1n) is 3.29. The van der Waals surface area contributed by atoms with Gasteiger partial charge in [-0.1, -0.05) is 0 Å². The van der Waals surface area contributed by atoms with Gasteiger partial charge in [-0.25, -0.2) is 0 Å². The van der Waals surface area contributed by atoms with Gasteiger partial charge in [-0.3, -0.25) is 10.1 Å². The molecule has 0 amide bonds. The molecule has 0 aromatic heterocycles. The van der Waals surface area contributed by atoms with Crippen molar-refractivity contribution >= 4 is 5.69 Å². The summed E-state index contributed by atoms with van der Waals surface area (Å²) in [5, 5.41) is 10.3. The Kier molecular flexibility index (Phi) is 2.28. The predicted octanol–water partition coefficient (Wildman–Crippen LogP) is 1.79. The summed E-state index contributed by atoms with van der Waals surface area (Å²) in [7, 11) is 1.50. The van der Waals surface area contributed by atoms with Gasteiger partial charge in [0.05, 0.1) is 12.0 Å². The molecule has 0 atom stereocenters. The molecule has 0 bridgehead atoms. The lowest BCUT2D eigenvalue weighted by molar-refractivity contribution is -0.384. The number of benzene rings is 1. The summed E-state index contributed by atoms with van der Waals surface area (Å²) in [6, 6.07) is 4.28. The Morgan fingerprint density at radius 2 is 2.25 bits per heavy atom. The first-order valence-corrected chi connectivity index (χ1v) is 3.29. The maximum Gasteiger partial charge on any atom is 0.269 e. The molecule has 0 N–H and O–H groups in total. The SMILES string of the molecule is [CH2]c1cc([N+](=O)[O-])ccc1OC. The van der Waals surface area contributed by atoms with Crippen LogP contribution < -0.4 is 4.74 Å². The summed E-state index contributed by atoms with van der Waals surface area (Å²) in [5.41, 5.74) is 0.549. The smallest absolute Gasteiger partial charge is 0.269 e. The van der Waals surface area contributed by atoms with E-state index in [9.17, 15) is 10.1 Å². The van der Waals surface area contributed by atoms with Crippen LogP contribution in [0.2, 0.25) is 0 Å². The number of ether oxygens (including phenoxy) is 1. The van der Waals surface area contributed by atoms with Gasteiger partial charge in [-0.05, 0) is 13.0 Å². The molecule has 0 spiro atoms. The molecule has 0 aliphatic rings. The van der Waals surface area contributed by atoms with Crippen LogP contribution in [0.3, 0.4) is 0 Å². The molecule has 1 aromatic carbocycles. The zero-order chi connectivity index (χ0) is 9.14. The number of nitro groups is 1. The molecule has 0 fully saturated rings. The molecular weight excluding hydrogens is 158 g/mol. The molecule has 1 radical (unpaired) electrons. The average molecular weight is 166 g/mol. The molecule has 0 saturated heterocycles. The summed E-state index contributed by atoms with van der Waals surface area (Å²) in [6.45, 7) is 3.60. The number of non-ortho nitro benzene ring substituents is 1. The Balaban J connectivity index is 3.10. The van der Waals surface area contributed by atoms with Crippen LogP contribution in [0, 0.1) is 17.0 Å². The van der Waals surface area contributed by atoms with Crippen molar-refractivity contribution in [2.24, 2.45) is 0 Å². The Morgan fingerprint density at radius 3 is 2.67 bits per heavy atom. The minimum Gasteiger partial charge on any atom is -0.496 e. The van der Waals surface area contributed by atoms with Gasteiger partial charge in [-0.2, -0.15) is 0 Å². The van der Waals surface area contributed by atoms with E-state index in [0.29, 0.717) is 11.3 Å². The highest BCUT2D eigenvalue weighted by Crippen LogP contribution is 2.22. The van der Waals surface area contributed by atoms with Crippen LogP contribution in [-0.2, 0) is 0 Å². The van der Waals surface area contributed by atoms with Gasteiger partial charge in [0, 0.05) is 17.7 Å². The highest BCUT2D eigenvalue weighted by atomic mass is 16.6. The van der Waals surface area contributed by atoms with Crippen LogP contribution in [0.1, 0.15) is 5.56 Å². The Hall–Kier alpha value is -1.58. The van der Waals surface area contributed by atoms with Crippen molar-refractivity contribution < 1.29 is 9.66 Å². The monoisotopic (exact) mass is 166 g/mol. The third-order valence-electron chi connectivity index (χ3n) is 1.47. The van der Waals surface area contributed by atoms with Gasteiger partial charge in [0.25, 0.3) is 5.69 Å². The lowest BCUT2D eigenvalue weighted by Crippen LogP contribution is -1.91. The molecule has 4 heteroatoms. The van der Waals surface area contributed by atoms with E-state index in [2.05, 4.69) is 6.92 Å². The normalized spacial score (nSPS) is 9.50. The summed E-state index contributed by atoms with van der Waals surface area (Å²) in [4.78, 5) is 9.83. The molecule has 1 rings (SSSR count). The van der Waals surface area contributed by atoms with Crippen molar-refractivity contribution in [1.82, 2.24) is 0 Å². The van der Waals surface area contributed by atoms with E-state index in [1.807, 2.05) is 0 Å². The van der Waals surface area contributed by atoms with Crippen molar-refractivity contribution in [2.45, 2.75) is 0 Å². The van der Waals surface area contributed by atoms with E-state index in [-0.39, 0.29) is 5.69 Å². The van der Waals surface area contributed by atoms with Crippen LogP contribution in [0.5, 0.6) is 5.75 Å². The largest absolute Gasteiger partial charge is 0.496 e. The number of nitrogens with zero attached hydrogens (tertiary/aromatic N) is 1. The first-order chi connectivity index (χ1) is 5.65. The van der Waals surface area contributed by atoms with E-state index in [0.717, 1.165) is 0 Å². The van der Waals surface area contributed by atoms with Crippen molar-refractivity contribution in [3.05, 3.63) is 40.8 Å². The second kappa shape index (κ2) is 3.21. The lowest BCUT2D eigenvalue weighted by Gasteiger charge is -2.02. The Bertz CT molecular complexity index is 309. The van der Waals surface area contributed by atoms with Crippen LogP contribution in [0.25, 0.3) is 0 Å². The van der Waals surface area contributed by atoms with Crippen molar-refractivity contribution in [1.29, 1.82) is 0 Å². The fraction of sp³-hybridized carbons (Fsp3) is 0.125. The fourth-order valence-corrected chi connectivity index (χ4v) is 0.879. The second-order valence-corrected chi connectivity index (χ2v) is 2.25. The van der Waals surface area contributed by atoms with E-state index in [4.69, 9.17) is 4.74 Å². The van der Waals surface area contributed by atoms with Crippen LogP contribution in [-0.4, -0.2) is 12.0 Å². The standard InChI is InChI=1S/C8H8NO3/c1-6-5-7(9(10)11)3-4-8(6)12-2/h3-5H,1H2,2H3. The molecule has 0 saturated carbocycles. The number of methoxy groups -OCH3 is 1. The minimum absolute atomic E-state index is 0.0285. The third kappa shape index (κ3) is 1.53. The van der Waals surface area contributed by atoms with Gasteiger partial charge in [0.15, 0.2) is 0 Å². The molecular formula is C8H8NO3. The fourth-order valence-electron chi connectivity index (χ4n) is 0.879. The second-order valence-electron chi connectivity index (χ2n) is 2.25. The van der Waals surface area contributed by atoms with Crippen molar-refractivity contribution in [3.63, 3.8) is 0 Å². The molecule has 1 aromatic rings. The minimum atomic E-state index is -0.464. The van der Waals surface area contributed by atoms with Crippen LogP contribution in [0.15, 0.2) is 18.2 Å². The maximum atomic E-state index is 10.3. The highest BCUT2D eigenvalue weighted by molar-refractivity contribution is 5.45. The molecule has 0 unspecified atom stereocenters. The number of hydrogen-bond acceptors (Lipinski definition) is 3. The predicted molar refractivity (Wildman–Crippen MR) is 44.1 cm³/mol.